The van der Waals surface area contributed by atoms with Crippen molar-refractivity contribution in [2.45, 2.75) is 23.7 Å². The Kier molecular flexibility index (Phi) is 2.12. The number of hydrogen-bond donors (Lipinski definition) is 4. The van der Waals surface area contributed by atoms with E-state index in [1.165, 1.54) is 12.1 Å². The van der Waals surface area contributed by atoms with Crippen molar-refractivity contribution in [2.24, 2.45) is 0 Å². The van der Waals surface area contributed by atoms with Crippen molar-refractivity contribution >= 4 is 5.97 Å². The number of aliphatic hydroxyl groups excluding tert-OH is 3. The first-order chi connectivity index (χ1) is 9.35. The number of benzene rings is 1. The highest BCUT2D eigenvalue weighted by Crippen LogP contribution is 2.56. The van der Waals surface area contributed by atoms with Crippen LogP contribution >= 0.6 is 0 Å². The molecule has 2 aliphatic rings. The lowest BCUT2D eigenvalue weighted by Gasteiger charge is -2.17. The van der Waals surface area contributed by atoms with Gasteiger partial charge in [0.2, 0.25) is 5.76 Å². The van der Waals surface area contributed by atoms with E-state index in [0.717, 1.165) is 0 Å². The van der Waals surface area contributed by atoms with Gasteiger partial charge in [0, 0.05) is 7.26 Å². The predicted molar refractivity (Wildman–Crippen MR) is 62.3 cm³/mol. The number of hydrogen-bond acceptors (Lipinski definition) is 6. The fourth-order valence-corrected chi connectivity index (χ4v) is 2.36. The number of rotatable bonds is 2. The van der Waals surface area contributed by atoms with Crippen LogP contribution in [0.4, 0.5) is 0 Å². The van der Waals surface area contributed by atoms with E-state index in [0.29, 0.717) is 5.56 Å². The Hall–Kier alpha value is -2.05. The standard InChI is InChI=1S/C13H12O6/c14-8-9(15)12(17)19-11(8)13(18)7(10(13)16)6-4-2-1-3-5-6/h1-5,7,10-11,14-16,18H/t7?,10?,11-,13-/m0/s1/i7D. The Balaban J connectivity index is 2.02. The molecule has 3 rings (SSSR count). The monoisotopic (exact) mass is 265 g/mol. The molecule has 1 aromatic carbocycles. The van der Waals surface area contributed by atoms with Crippen LogP contribution in [0.15, 0.2) is 41.9 Å². The molecule has 1 aliphatic heterocycles. The second-order valence-electron chi connectivity index (χ2n) is 4.53. The quantitative estimate of drug-likeness (QED) is 0.566. The summed E-state index contributed by atoms with van der Waals surface area (Å²) in [5.41, 5.74) is -1.90. The molecular formula is C13H12O6. The zero-order valence-electron chi connectivity index (χ0n) is 10.6. The number of carbonyl (C=O) groups excluding carboxylic acids is 1. The molecular weight excluding hydrogens is 252 g/mol. The van der Waals surface area contributed by atoms with Gasteiger partial charge in [0.25, 0.3) is 0 Å². The summed E-state index contributed by atoms with van der Waals surface area (Å²) in [6, 6.07) is 8.03. The van der Waals surface area contributed by atoms with Gasteiger partial charge in [-0.25, -0.2) is 4.79 Å². The molecule has 19 heavy (non-hydrogen) atoms. The van der Waals surface area contributed by atoms with Crippen LogP contribution in [-0.4, -0.2) is 44.2 Å². The summed E-state index contributed by atoms with van der Waals surface area (Å²) in [5, 5.41) is 39.3. The number of carbonyl (C=O) groups is 1. The molecule has 1 aromatic rings. The normalized spacial score (nSPS) is 42.0. The molecule has 0 aromatic heterocycles. The molecule has 0 saturated heterocycles. The Morgan fingerprint density at radius 3 is 2.42 bits per heavy atom. The van der Waals surface area contributed by atoms with Gasteiger partial charge in [-0.3, -0.25) is 0 Å². The molecule has 1 saturated carbocycles. The summed E-state index contributed by atoms with van der Waals surface area (Å²) < 4.78 is 12.9. The van der Waals surface area contributed by atoms with Crippen LogP contribution in [0.3, 0.4) is 0 Å². The number of cyclic esters (lactones) is 1. The molecule has 6 nitrogen and oxygen atoms in total. The molecule has 4 atom stereocenters. The van der Waals surface area contributed by atoms with Gasteiger partial charge in [0.05, 0.1) is 6.10 Å². The van der Waals surface area contributed by atoms with Crippen molar-refractivity contribution < 1.29 is 31.3 Å². The van der Waals surface area contributed by atoms with Gasteiger partial charge in [-0.1, -0.05) is 30.3 Å². The smallest absolute Gasteiger partial charge is 0.378 e. The second kappa shape index (κ2) is 3.72. The van der Waals surface area contributed by atoms with E-state index in [1.807, 2.05) is 0 Å². The maximum absolute atomic E-state index is 11.2. The van der Waals surface area contributed by atoms with Crippen molar-refractivity contribution in [3.05, 3.63) is 47.4 Å². The summed E-state index contributed by atoms with van der Waals surface area (Å²) in [7, 11) is 0. The SMILES string of the molecule is [2H]C1(c2ccccc2)C(O)[C@]1(O)[C@H]1OC(=O)C(O)=C1O. The third kappa shape index (κ3) is 1.47. The van der Waals surface area contributed by atoms with Crippen molar-refractivity contribution in [1.29, 1.82) is 0 Å². The first-order valence-electron chi connectivity index (χ1n) is 6.14. The van der Waals surface area contributed by atoms with E-state index in [4.69, 9.17) is 1.37 Å². The summed E-state index contributed by atoms with van der Waals surface area (Å²) in [4.78, 5) is 11.2. The first kappa shape index (κ1) is 10.8. The molecule has 1 aliphatic carbocycles. The van der Waals surface area contributed by atoms with Crippen LogP contribution in [0.25, 0.3) is 0 Å². The van der Waals surface area contributed by atoms with Crippen LogP contribution in [0.5, 0.6) is 0 Å². The van der Waals surface area contributed by atoms with Crippen molar-refractivity contribution in [3.8, 4) is 0 Å². The van der Waals surface area contributed by atoms with Gasteiger partial charge >= 0.3 is 5.97 Å². The highest BCUT2D eigenvalue weighted by molar-refractivity contribution is 5.89. The second-order valence-corrected chi connectivity index (χ2v) is 4.53. The molecule has 0 amide bonds. The Morgan fingerprint density at radius 2 is 1.89 bits per heavy atom. The summed E-state index contributed by atoms with van der Waals surface area (Å²) in [6.45, 7) is 0. The van der Waals surface area contributed by atoms with E-state index >= 15 is 0 Å². The molecule has 1 heterocycles. The van der Waals surface area contributed by atoms with Crippen LogP contribution in [0.2, 0.25) is 0 Å². The van der Waals surface area contributed by atoms with Gasteiger partial charge in [-0.15, -0.1) is 0 Å². The molecule has 2 unspecified atom stereocenters. The summed E-state index contributed by atoms with van der Waals surface area (Å²) >= 11 is 0. The van der Waals surface area contributed by atoms with Crippen molar-refractivity contribution in [2.75, 3.05) is 0 Å². The van der Waals surface area contributed by atoms with Crippen molar-refractivity contribution in [3.63, 3.8) is 0 Å². The van der Waals surface area contributed by atoms with Crippen LogP contribution in [-0.2, 0) is 9.53 Å². The zero-order chi connectivity index (χ0) is 14.7. The molecule has 1 fully saturated rings. The predicted octanol–water partition coefficient (Wildman–Crippen LogP) is 0.129. The Bertz CT molecular complexity index is 615. The maximum Gasteiger partial charge on any atom is 0.378 e. The fourth-order valence-electron chi connectivity index (χ4n) is 2.36. The van der Waals surface area contributed by atoms with Gasteiger partial charge in [0.15, 0.2) is 11.9 Å². The van der Waals surface area contributed by atoms with Crippen LogP contribution in [0, 0.1) is 0 Å². The van der Waals surface area contributed by atoms with Gasteiger partial charge in [-0.05, 0) is 5.56 Å². The zero-order valence-corrected chi connectivity index (χ0v) is 9.65. The van der Waals surface area contributed by atoms with E-state index in [1.54, 1.807) is 18.2 Å². The number of ether oxygens (including phenoxy) is 1. The molecule has 4 N–H and O–H groups in total. The molecule has 100 valence electrons. The van der Waals surface area contributed by atoms with E-state index in [2.05, 4.69) is 4.74 Å². The average molecular weight is 265 g/mol. The Labute approximate surface area is 109 Å². The van der Waals surface area contributed by atoms with E-state index in [-0.39, 0.29) is 0 Å². The largest absolute Gasteiger partial charge is 0.505 e. The van der Waals surface area contributed by atoms with Crippen LogP contribution in [0.1, 0.15) is 12.8 Å². The third-order valence-corrected chi connectivity index (χ3v) is 3.43. The average Bonchev–Trinajstić information content (AvgIpc) is 2.77. The first-order valence-corrected chi connectivity index (χ1v) is 5.64. The minimum absolute atomic E-state index is 0.310. The Morgan fingerprint density at radius 1 is 1.26 bits per heavy atom. The summed E-state index contributed by atoms with van der Waals surface area (Å²) in [6.07, 6.45) is -3.23. The lowest BCUT2D eigenvalue weighted by atomic mass is 10.0. The molecule has 6 heteroatoms. The van der Waals surface area contributed by atoms with Gasteiger partial charge in [0.1, 0.15) is 5.60 Å². The maximum atomic E-state index is 11.2. The fraction of sp³-hybridized carbons (Fsp3) is 0.308. The number of esters is 1. The summed E-state index contributed by atoms with van der Waals surface area (Å²) in [5.74, 6) is -4.94. The lowest BCUT2D eigenvalue weighted by Crippen LogP contribution is -2.35. The van der Waals surface area contributed by atoms with E-state index < -0.39 is 41.2 Å². The highest BCUT2D eigenvalue weighted by atomic mass is 16.6. The highest BCUT2D eigenvalue weighted by Gasteiger charge is 2.72. The molecule has 0 bridgehead atoms. The minimum atomic E-state index is -2.21. The van der Waals surface area contributed by atoms with Gasteiger partial charge in [-0.2, -0.15) is 0 Å². The number of aliphatic hydroxyl groups is 4. The lowest BCUT2D eigenvalue weighted by molar-refractivity contribution is -0.149. The third-order valence-electron chi connectivity index (χ3n) is 3.43. The van der Waals surface area contributed by atoms with Gasteiger partial charge < -0.3 is 25.2 Å². The molecule has 0 radical (unpaired) electrons. The van der Waals surface area contributed by atoms with E-state index in [9.17, 15) is 25.2 Å². The minimum Gasteiger partial charge on any atom is -0.505 e. The van der Waals surface area contributed by atoms with Crippen molar-refractivity contribution in [1.82, 2.24) is 0 Å². The topological polar surface area (TPSA) is 107 Å². The van der Waals surface area contributed by atoms with Crippen LogP contribution < -0.4 is 0 Å². The molecule has 0 spiro atoms.